The lowest BCUT2D eigenvalue weighted by molar-refractivity contribution is 0.0240. The Kier molecular flexibility index (Phi) is 5.78. The molecule has 9 heteroatoms. The molecule has 0 saturated carbocycles. The minimum Gasteiger partial charge on any atom is -0.444 e. The Labute approximate surface area is 205 Å². The lowest BCUT2D eigenvalue weighted by Crippen LogP contribution is -2.50. The second-order valence-electron chi connectivity index (χ2n) is 10.1. The Bertz CT molecular complexity index is 1270. The van der Waals surface area contributed by atoms with E-state index in [1.807, 2.05) is 68.9 Å². The van der Waals surface area contributed by atoms with Gasteiger partial charge in [-0.25, -0.2) is 14.6 Å². The van der Waals surface area contributed by atoms with Gasteiger partial charge >= 0.3 is 12.1 Å². The number of carbonyl (C=O) groups is 2. The minimum absolute atomic E-state index is 0.181. The van der Waals surface area contributed by atoms with Crippen LogP contribution in [0.2, 0.25) is 0 Å². The first-order valence-corrected chi connectivity index (χ1v) is 12.0. The molecule has 3 amide bonds. The number of fused-ring (bicyclic) bond motifs is 2. The Morgan fingerprint density at radius 1 is 1.03 bits per heavy atom. The highest BCUT2D eigenvalue weighted by molar-refractivity contribution is 6.08. The van der Waals surface area contributed by atoms with Crippen molar-refractivity contribution in [3.8, 4) is 0 Å². The lowest BCUT2D eigenvalue weighted by atomic mass is 10.1. The van der Waals surface area contributed by atoms with E-state index in [4.69, 9.17) is 4.74 Å². The van der Waals surface area contributed by atoms with E-state index in [0.29, 0.717) is 38.5 Å². The van der Waals surface area contributed by atoms with Gasteiger partial charge in [0.25, 0.3) is 0 Å². The summed E-state index contributed by atoms with van der Waals surface area (Å²) in [6.45, 7) is 8.81. The van der Waals surface area contributed by atoms with Crippen LogP contribution < -0.4 is 15.1 Å². The Morgan fingerprint density at radius 2 is 1.77 bits per heavy atom. The predicted octanol–water partition coefficient (Wildman–Crippen LogP) is 4.23. The van der Waals surface area contributed by atoms with E-state index >= 15 is 0 Å². The van der Waals surface area contributed by atoms with Crippen LogP contribution in [0.25, 0.3) is 10.9 Å². The third-order valence-electron chi connectivity index (χ3n) is 6.51. The van der Waals surface area contributed by atoms with Crippen LogP contribution in [0.1, 0.15) is 26.3 Å². The number of hydrogen-bond acceptors (Lipinski definition) is 5. The molecule has 0 bridgehead atoms. The molecule has 35 heavy (non-hydrogen) atoms. The van der Waals surface area contributed by atoms with Crippen molar-refractivity contribution in [1.29, 1.82) is 0 Å². The fourth-order valence-electron chi connectivity index (χ4n) is 4.85. The summed E-state index contributed by atoms with van der Waals surface area (Å²) in [5.41, 5.74) is 3.51. The molecule has 2 aliphatic heterocycles. The summed E-state index contributed by atoms with van der Waals surface area (Å²) in [5.74, 6) is 0.704. The summed E-state index contributed by atoms with van der Waals surface area (Å²) in [7, 11) is 1.97. The van der Waals surface area contributed by atoms with E-state index in [0.717, 1.165) is 34.3 Å². The minimum atomic E-state index is -0.504. The standard InChI is InChI=1S/C26H32N6O3/c1-26(2,3)35-25(34)31-15-13-30(14-16-31)22-9-11-27-23-19(22)10-12-32(23)24(33)28-20-17-29(4)21-8-6-5-7-18(20)21/h5-9,11,17H,10,12-16H2,1-4H3,(H,28,33). The van der Waals surface area contributed by atoms with E-state index < -0.39 is 5.60 Å². The van der Waals surface area contributed by atoms with E-state index in [1.165, 1.54) is 0 Å². The third-order valence-corrected chi connectivity index (χ3v) is 6.51. The molecule has 4 heterocycles. The molecular formula is C26H32N6O3. The zero-order valence-corrected chi connectivity index (χ0v) is 20.7. The van der Waals surface area contributed by atoms with Crippen molar-refractivity contribution in [3.63, 3.8) is 0 Å². The van der Waals surface area contributed by atoms with Crippen molar-refractivity contribution >= 4 is 40.2 Å². The van der Waals surface area contributed by atoms with E-state index in [1.54, 1.807) is 16.0 Å². The molecule has 0 radical (unpaired) electrons. The van der Waals surface area contributed by atoms with Gasteiger partial charge in [0.05, 0.1) is 5.69 Å². The number of para-hydroxylation sites is 1. The topological polar surface area (TPSA) is 82.9 Å². The first-order chi connectivity index (χ1) is 16.7. The van der Waals surface area contributed by atoms with Gasteiger partial charge in [-0.3, -0.25) is 4.90 Å². The fraction of sp³-hybridized carbons (Fsp3) is 0.423. The highest BCUT2D eigenvalue weighted by Crippen LogP contribution is 2.35. The maximum atomic E-state index is 13.2. The number of piperazine rings is 1. The number of benzene rings is 1. The molecule has 0 unspecified atom stereocenters. The van der Waals surface area contributed by atoms with Crippen molar-refractivity contribution in [2.24, 2.45) is 7.05 Å². The van der Waals surface area contributed by atoms with Crippen molar-refractivity contribution in [3.05, 3.63) is 48.3 Å². The largest absolute Gasteiger partial charge is 0.444 e. The maximum absolute atomic E-state index is 13.2. The summed E-state index contributed by atoms with van der Waals surface area (Å²) in [6, 6.07) is 9.83. The molecule has 1 fully saturated rings. The molecule has 9 nitrogen and oxygen atoms in total. The van der Waals surface area contributed by atoms with Crippen molar-refractivity contribution < 1.29 is 14.3 Å². The molecule has 1 N–H and O–H groups in total. The number of rotatable bonds is 2. The Hall–Kier alpha value is -3.75. The number of pyridine rings is 1. The highest BCUT2D eigenvalue weighted by atomic mass is 16.6. The maximum Gasteiger partial charge on any atom is 0.410 e. The Balaban J connectivity index is 1.29. The average Bonchev–Trinajstić information content (AvgIpc) is 3.40. The first-order valence-electron chi connectivity index (χ1n) is 12.0. The Morgan fingerprint density at radius 3 is 2.51 bits per heavy atom. The monoisotopic (exact) mass is 476 g/mol. The quantitative estimate of drug-likeness (QED) is 0.599. The smallest absolute Gasteiger partial charge is 0.410 e. The molecular weight excluding hydrogens is 444 g/mol. The molecule has 0 aliphatic carbocycles. The molecule has 0 atom stereocenters. The van der Waals surface area contributed by atoms with Crippen LogP contribution in [0.4, 0.5) is 26.8 Å². The van der Waals surface area contributed by atoms with Crippen LogP contribution in [-0.2, 0) is 18.2 Å². The summed E-state index contributed by atoms with van der Waals surface area (Å²) >= 11 is 0. The molecule has 0 spiro atoms. The average molecular weight is 477 g/mol. The van der Waals surface area contributed by atoms with Gasteiger partial charge in [0, 0.05) is 74.3 Å². The molecule has 2 aromatic heterocycles. The van der Waals surface area contributed by atoms with Gasteiger partial charge in [0.2, 0.25) is 0 Å². The number of aryl methyl sites for hydroxylation is 1. The van der Waals surface area contributed by atoms with Crippen molar-refractivity contribution in [2.75, 3.05) is 47.8 Å². The van der Waals surface area contributed by atoms with Gasteiger partial charge in [0.1, 0.15) is 11.4 Å². The number of carbonyl (C=O) groups excluding carboxylic acids is 2. The van der Waals surface area contributed by atoms with Crippen LogP contribution in [0.3, 0.4) is 0 Å². The van der Waals surface area contributed by atoms with E-state index in [-0.39, 0.29) is 12.1 Å². The van der Waals surface area contributed by atoms with E-state index in [2.05, 4.69) is 15.2 Å². The van der Waals surface area contributed by atoms with Crippen LogP contribution >= 0.6 is 0 Å². The number of hydrogen-bond donors (Lipinski definition) is 1. The molecule has 1 saturated heterocycles. The van der Waals surface area contributed by atoms with Crippen LogP contribution in [0, 0.1) is 0 Å². The van der Waals surface area contributed by atoms with Gasteiger partial charge in [-0.05, 0) is 39.3 Å². The molecule has 1 aromatic carbocycles. The van der Waals surface area contributed by atoms with Gasteiger partial charge in [0.15, 0.2) is 0 Å². The van der Waals surface area contributed by atoms with Crippen LogP contribution in [0.15, 0.2) is 42.7 Å². The molecule has 5 rings (SSSR count). The molecule has 2 aliphatic rings. The molecule has 3 aromatic rings. The summed E-state index contributed by atoms with van der Waals surface area (Å²) < 4.78 is 7.53. The number of nitrogens with zero attached hydrogens (tertiary/aromatic N) is 5. The summed E-state index contributed by atoms with van der Waals surface area (Å²) in [6.07, 6.45) is 4.17. The summed E-state index contributed by atoms with van der Waals surface area (Å²) in [4.78, 5) is 36.0. The zero-order chi connectivity index (χ0) is 24.7. The fourth-order valence-corrected chi connectivity index (χ4v) is 4.85. The zero-order valence-electron chi connectivity index (χ0n) is 20.7. The first kappa shape index (κ1) is 23.0. The second kappa shape index (κ2) is 8.79. The molecule has 184 valence electrons. The number of aromatic nitrogens is 2. The van der Waals surface area contributed by atoms with Gasteiger partial charge in [-0.1, -0.05) is 18.2 Å². The van der Waals surface area contributed by atoms with E-state index in [9.17, 15) is 9.59 Å². The van der Waals surface area contributed by atoms with Crippen LogP contribution in [-0.4, -0.2) is 64.9 Å². The number of ether oxygens (including phenoxy) is 1. The SMILES string of the molecule is Cn1cc(NC(=O)N2CCc3c(N4CCN(C(=O)OC(C)(C)C)CC4)ccnc32)c2ccccc21. The number of anilines is 3. The lowest BCUT2D eigenvalue weighted by Gasteiger charge is -2.37. The summed E-state index contributed by atoms with van der Waals surface area (Å²) in [5, 5.41) is 4.09. The van der Waals surface area contributed by atoms with Crippen molar-refractivity contribution in [1.82, 2.24) is 14.5 Å². The van der Waals surface area contributed by atoms with Crippen LogP contribution in [0.5, 0.6) is 0 Å². The number of amides is 3. The third kappa shape index (κ3) is 4.50. The number of urea groups is 1. The van der Waals surface area contributed by atoms with Gasteiger partial charge < -0.3 is 24.4 Å². The van der Waals surface area contributed by atoms with Gasteiger partial charge in [-0.15, -0.1) is 0 Å². The van der Waals surface area contributed by atoms with Gasteiger partial charge in [-0.2, -0.15) is 0 Å². The number of nitrogens with one attached hydrogen (secondary N) is 1. The normalized spacial score (nSPS) is 15.9. The predicted molar refractivity (Wildman–Crippen MR) is 137 cm³/mol. The second-order valence-corrected chi connectivity index (χ2v) is 10.1. The highest BCUT2D eigenvalue weighted by Gasteiger charge is 2.32. The van der Waals surface area contributed by atoms with Crippen molar-refractivity contribution in [2.45, 2.75) is 32.8 Å².